The minimum absolute atomic E-state index is 0.00650. The highest BCUT2D eigenvalue weighted by atomic mass is 16.5. The molecule has 1 aliphatic heterocycles. The molecule has 0 bridgehead atoms. The van der Waals surface area contributed by atoms with Crippen molar-refractivity contribution in [2.75, 3.05) is 20.2 Å². The highest BCUT2D eigenvalue weighted by Gasteiger charge is 2.29. The zero-order valence-electron chi connectivity index (χ0n) is 11.5. The standard InChI is InChI=1S/C13H24N2O3/c1-9(2)8-11(14)12(16)15-6-4-10(5-7-15)13(17)18-3/h9-11H,4-8,14H2,1-3H3. The Balaban J connectivity index is 2.42. The molecule has 1 unspecified atom stereocenters. The SMILES string of the molecule is COC(=O)C1CCN(C(=O)C(N)CC(C)C)CC1. The second-order valence-electron chi connectivity index (χ2n) is 5.36. The van der Waals surface area contributed by atoms with E-state index in [2.05, 4.69) is 13.8 Å². The predicted octanol–water partition coefficient (Wildman–Crippen LogP) is 0.771. The van der Waals surface area contributed by atoms with Crippen LogP contribution in [0.4, 0.5) is 0 Å². The number of hydrogen-bond acceptors (Lipinski definition) is 4. The molecule has 0 spiro atoms. The largest absolute Gasteiger partial charge is 0.469 e. The van der Waals surface area contributed by atoms with E-state index in [0.29, 0.717) is 38.3 Å². The monoisotopic (exact) mass is 256 g/mol. The van der Waals surface area contributed by atoms with Crippen molar-refractivity contribution in [1.29, 1.82) is 0 Å². The van der Waals surface area contributed by atoms with Crippen LogP contribution in [-0.2, 0) is 14.3 Å². The molecule has 1 amide bonds. The van der Waals surface area contributed by atoms with Crippen molar-refractivity contribution in [3.05, 3.63) is 0 Å². The van der Waals surface area contributed by atoms with E-state index in [1.807, 2.05) is 0 Å². The fourth-order valence-corrected chi connectivity index (χ4v) is 2.35. The number of hydrogen-bond donors (Lipinski definition) is 1. The summed E-state index contributed by atoms with van der Waals surface area (Å²) < 4.78 is 4.72. The van der Waals surface area contributed by atoms with Crippen molar-refractivity contribution < 1.29 is 14.3 Å². The Morgan fingerprint density at radius 3 is 2.33 bits per heavy atom. The zero-order chi connectivity index (χ0) is 13.7. The van der Waals surface area contributed by atoms with Crippen LogP contribution in [0, 0.1) is 11.8 Å². The van der Waals surface area contributed by atoms with Gasteiger partial charge >= 0.3 is 5.97 Å². The molecule has 1 atom stereocenters. The number of rotatable bonds is 4. The van der Waals surface area contributed by atoms with Crippen molar-refractivity contribution in [2.24, 2.45) is 17.6 Å². The van der Waals surface area contributed by atoms with Gasteiger partial charge in [0.15, 0.2) is 0 Å². The molecule has 0 radical (unpaired) electrons. The van der Waals surface area contributed by atoms with Gasteiger partial charge in [-0.1, -0.05) is 13.8 Å². The lowest BCUT2D eigenvalue weighted by Gasteiger charge is -2.32. The minimum atomic E-state index is -0.417. The average molecular weight is 256 g/mol. The van der Waals surface area contributed by atoms with Crippen molar-refractivity contribution in [3.8, 4) is 0 Å². The number of piperidine rings is 1. The van der Waals surface area contributed by atoms with Gasteiger partial charge in [-0.2, -0.15) is 0 Å². The van der Waals surface area contributed by atoms with Crippen molar-refractivity contribution in [2.45, 2.75) is 39.2 Å². The Labute approximate surface area is 109 Å². The van der Waals surface area contributed by atoms with Gasteiger partial charge in [-0.25, -0.2) is 0 Å². The van der Waals surface area contributed by atoms with Gasteiger partial charge in [-0.15, -0.1) is 0 Å². The summed E-state index contributed by atoms with van der Waals surface area (Å²) in [4.78, 5) is 25.2. The van der Waals surface area contributed by atoms with Gasteiger partial charge in [0, 0.05) is 13.1 Å². The molecule has 0 saturated carbocycles. The summed E-state index contributed by atoms with van der Waals surface area (Å²) in [5.41, 5.74) is 5.89. The molecule has 1 rings (SSSR count). The summed E-state index contributed by atoms with van der Waals surface area (Å²) in [5, 5.41) is 0. The third kappa shape index (κ3) is 3.98. The van der Waals surface area contributed by atoms with Gasteiger partial charge in [0.2, 0.25) is 5.91 Å². The molecule has 1 aliphatic rings. The van der Waals surface area contributed by atoms with E-state index in [4.69, 9.17) is 10.5 Å². The normalized spacial score (nSPS) is 18.8. The Morgan fingerprint density at radius 2 is 1.89 bits per heavy atom. The smallest absolute Gasteiger partial charge is 0.308 e. The molecule has 5 nitrogen and oxygen atoms in total. The van der Waals surface area contributed by atoms with E-state index in [1.54, 1.807) is 4.90 Å². The molecule has 0 aromatic carbocycles. The van der Waals surface area contributed by atoms with Gasteiger partial charge < -0.3 is 15.4 Å². The number of ether oxygens (including phenoxy) is 1. The predicted molar refractivity (Wildman–Crippen MR) is 68.8 cm³/mol. The van der Waals surface area contributed by atoms with Crippen LogP contribution in [0.2, 0.25) is 0 Å². The minimum Gasteiger partial charge on any atom is -0.469 e. The fourth-order valence-electron chi connectivity index (χ4n) is 2.35. The Morgan fingerprint density at radius 1 is 1.33 bits per heavy atom. The lowest BCUT2D eigenvalue weighted by atomic mass is 9.95. The quantitative estimate of drug-likeness (QED) is 0.754. The van der Waals surface area contributed by atoms with Crippen LogP contribution in [0.1, 0.15) is 33.1 Å². The molecule has 2 N–H and O–H groups in total. The summed E-state index contributed by atoms with van der Waals surface area (Å²) in [6.45, 7) is 5.31. The molecule has 0 aromatic rings. The van der Waals surface area contributed by atoms with Crippen molar-refractivity contribution in [3.63, 3.8) is 0 Å². The first kappa shape index (κ1) is 15.0. The molecule has 1 saturated heterocycles. The van der Waals surface area contributed by atoms with Gasteiger partial charge in [0.25, 0.3) is 0 Å². The molecule has 1 heterocycles. The van der Waals surface area contributed by atoms with Crippen LogP contribution >= 0.6 is 0 Å². The molecular weight excluding hydrogens is 232 g/mol. The summed E-state index contributed by atoms with van der Waals surface area (Å²) in [6, 6.07) is -0.417. The maximum Gasteiger partial charge on any atom is 0.308 e. The number of methoxy groups -OCH3 is 1. The Bertz CT molecular complexity index is 297. The maximum atomic E-state index is 12.1. The van der Waals surface area contributed by atoms with Gasteiger partial charge in [0.05, 0.1) is 19.1 Å². The zero-order valence-corrected chi connectivity index (χ0v) is 11.5. The summed E-state index contributed by atoms with van der Waals surface area (Å²) >= 11 is 0. The second kappa shape index (κ2) is 6.73. The number of carbonyl (C=O) groups excluding carboxylic acids is 2. The van der Waals surface area contributed by atoms with Crippen LogP contribution in [0.3, 0.4) is 0 Å². The van der Waals surface area contributed by atoms with E-state index in [1.165, 1.54) is 7.11 Å². The Hall–Kier alpha value is -1.10. The fraction of sp³-hybridized carbons (Fsp3) is 0.846. The number of amides is 1. The van der Waals surface area contributed by atoms with Gasteiger partial charge in [-0.05, 0) is 25.2 Å². The number of nitrogens with two attached hydrogens (primary N) is 1. The molecule has 18 heavy (non-hydrogen) atoms. The summed E-state index contributed by atoms with van der Waals surface area (Å²) in [6.07, 6.45) is 2.05. The first-order valence-electron chi connectivity index (χ1n) is 6.58. The second-order valence-corrected chi connectivity index (χ2v) is 5.36. The highest BCUT2D eigenvalue weighted by molar-refractivity contribution is 5.82. The average Bonchev–Trinajstić information content (AvgIpc) is 2.36. The summed E-state index contributed by atoms with van der Waals surface area (Å²) in [5.74, 6) is 0.178. The van der Waals surface area contributed by atoms with E-state index in [-0.39, 0.29) is 17.8 Å². The molecule has 104 valence electrons. The van der Waals surface area contributed by atoms with Crippen LogP contribution in [-0.4, -0.2) is 43.0 Å². The van der Waals surface area contributed by atoms with E-state index >= 15 is 0 Å². The lowest BCUT2D eigenvalue weighted by Crippen LogP contribution is -2.48. The van der Waals surface area contributed by atoms with Gasteiger partial charge in [0.1, 0.15) is 0 Å². The number of likely N-dealkylation sites (tertiary alicyclic amines) is 1. The lowest BCUT2D eigenvalue weighted by molar-refractivity contribution is -0.149. The van der Waals surface area contributed by atoms with Crippen molar-refractivity contribution >= 4 is 11.9 Å². The highest BCUT2D eigenvalue weighted by Crippen LogP contribution is 2.19. The third-order valence-electron chi connectivity index (χ3n) is 3.38. The van der Waals surface area contributed by atoms with E-state index < -0.39 is 6.04 Å². The molecule has 0 aliphatic carbocycles. The molecule has 1 fully saturated rings. The van der Waals surface area contributed by atoms with Crippen LogP contribution in [0.5, 0.6) is 0 Å². The van der Waals surface area contributed by atoms with Crippen molar-refractivity contribution in [1.82, 2.24) is 4.90 Å². The van der Waals surface area contributed by atoms with Crippen LogP contribution in [0.15, 0.2) is 0 Å². The van der Waals surface area contributed by atoms with E-state index in [0.717, 1.165) is 0 Å². The third-order valence-corrected chi connectivity index (χ3v) is 3.38. The molecule has 5 heteroatoms. The van der Waals surface area contributed by atoms with E-state index in [9.17, 15) is 9.59 Å². The van der Waals surface area contributed by atoms with Gasteiger partial charge in [-0.3, -0.25) is 9.59 Å². The number of esters is 1. The maximum absolute atomic E-state index is 12.1. The molecule has 0 aromatic heterocycles. The topological polar surface area (TPSA) is 72.6 Å². The van der Waals surface area contributed by atoms with Crippen LogP contribution in [0.25, 0.3) is 0 Å². The molecular formula is C13H24N2O3. The first-order valence-corrected chi connectivity index (χ1v) is 6.58. The first-order chi connectivity index (χ1) is 8.45. The van der Waals surface area contributed by atoms with Crippen LogP contribution < -0.4 is 5.73 Å². The Kier molecular flexibility index (Phi) is 5.59. The summed E-state index contributed by atoms with van der Waals surface area (Å²) in [7, 11) is 1.40. The number of carbonyl (C=O) groups is 2. The number of nitrogens with zero attached hydrogens (tertiary/aromatic N) is 1.